The van der Waals surface area contributed by atoms with E-state index in [0.717, 1.165) is 19.3 Å². The van der Waals surface area contributed by atoms with Crippen LogP contribution in [0.3, 0.4) is 0 Å². The number of hydrogen-bond donors (Lipinski definition) is 1. The lowest BCUT2D eigenvalue weighted by Crippen LogP contribution is -2.42. The summed E-state index contributed by atoms with van der Waals surface area (Å²) in [4.78, 5) is 24.5. The smallest absolute Gasteiger partial charge is 0.328 e. The normalized spacial score (nSPS) is 16.5. The van der Waals surface area contributed by atoms with Crippen molar-refractivity contribution < 1.29 is 22.7 Å². The number of amides is 1. The van der Waals surface area contributed by atoms with Crippen LogP contribution in [0.1, 0.15) is 36.0 Å². The summed E-state index contributed by atoms with van der Waals surface area (Å²) in [5.41, 5.74) is 0.200. The lowest BCUT2D eigenvalue weighted by molar-refractivity contribution is -0.142. The molecule has 1 atom stereocenters. The molecule has 1 aliphatic rings. The highest BCUT2D eigenvalue weighted by atomic mass is 32.2. The first-order valence-electron chi connectivity index (χ1n) is 8.88. The van der Waals surface area contributed by atoms with Crippen LogP contribution >= 0.6 is 11.8 Å². The lowest BCUT2D eigenvalue weighted by atomic mass is 10.1. The first-order valence-corrected chi connectivity index (χ1v) is 11.7. The summed E-state index contributed by atoms with van der Waals surface area (Å²) in [6.45, 7) is 0.996. The summed E-state index contributed by atoms with van der Waals surface area (Å²) in [7, 11) is -2.35. The SMILES string of the molecule is COC(=O)[C@@H](CCSC)NC(=O)c1cccc(S(=O)(=O)N2CCCCC2)c1. The fraction of sp³-hybridized carbons (Fsp3) is 0.556. The molecule has 1 amide bonds. The van der Waals surface area contributed by atoms with Gasteiger partial charge in [-0.25, -0.2) is 13.2 Å². The second kappa shape index (κ2) is 10.1. The number of piperidine rings is 1. The van der Waals surface area contributed by atoms with Gasteiger partial charge in [0.2, 0.25) is 10.0 Å². The van der Waals surface area contributed by atoms with Gasteiger partial charge in [0, 0.05) is 18.7 Å². The van der Waals surface area contributed by atoms with E-state index in [1.165, 1.54) is 29.6 Å². The summed E-state index contributed by atoms with van der Waals surface area (Å²) in [6.07, 6.45) is 5.06. The number of methoxy groups -OCH3 is 1. The zero-order chi connectivity index (χ0) is 19.9. The quantitative estimate of drug-likeness (QED) is 0.653. The first kappa shape index (κ1) is 21.7. The Morgan fingerprint density at radius 2 is 1.96 bits per heavy atom. The molecule has 0 unspecified atom stereocenters. The maximum absolute atomic E-state index is 12.8. The van der Waals surface area contributed by atoms with Crippen molar-refractivity contribution in [2.45, 2.75) is 36.6 Å². The van der Waals surface area contributed by atoms with Gasteiger partial charge < -0.3 is 10.1 Å². The topological polar surface area (TPSA) is 92.8 Å². The zero-order valence-corrected chi connectivity index (χ0v) is 17.3. The molecule has 1 saturated heterocycles. The molecule has 1 aliphatic heterocycles. The zero-order valence-electron chi connectivity index (χ0n) is 15.6. The Morgan fingerprint density at radius 1 is 1.26 bits per heavy atom. The molecule has 7 nitrogen and oxygen atoms in total. The summed E-state index contributed by atoms with van der Waals surface area (Å²) >= 11 is 1.56. The van der Waals surface area contributed by atoms with Crippen molar-refractivity contribution in [2.75, 3.05) is 32.2 Å². The Hall–Kier alpha value is -1.58. The predicted molar refractivity (Wildman–Crippen MR) is 105 cm³/mol. The number of ether oxygens (including phenoxy) is 1. The van der Waals surface area contributed by atoms with Gasteiger partial charge in [-0.1, -0.05) is 12.5 Å². The molecule has 2 rings (SSSR count). The molecule has 27 heavy (non-hydrogen) atoms. The van der Waals surface area contributed by atoms with Gasteiger partial charge in [0.05, 0.1) is 12.0 Å². The van der Waals surface area contributed by atoms with Crippen LogP contribution in [0.2, 0.25) is 0 Å². The lowest BCUT2D eigenvalue weighted by Gasteiger charge is -2.26. The second-order valence-electron chi connectivity index (χ2n) is 6.32. The number of sulfonamides is 1. The van der Waals surface area contributed by atoms with Crippen molar-refractivity contribution in [3.8, 4) is 0 Å². The van der Waals surface area contributed by atoms with E-state index in [-0.39, 0.29) is 10.5 Å². The summed E-state index contributed by atoms with van der Waals surface area (Å²) in [6, 6.07) is 5.17. The van der Waals surface area contributed by atoms with Gasteiger partial charge in [-0.15, -0.1) is 0 Å². The Kier molecular flexibility index (Phi) is 8.12. The van der Waals surface area contributed by atoms with Crippen molar-refractivity contribution in [3.63, 3.8) is 0 Å². The van der Waals surface area contributed by atoms with Crippen molar-refractivity contribution >= 4 is 33.7 Å². The summed E-state index contributed by atoms with van der Waals surface area (Å²) in [5, 5.41) is 2.64. The van der Waals surface area contributed by atoms with Gasteiger partial charge in [0.1, 0.15) is 6.04 Å². The highest BCUT2D eigenvalue weighted by Crippen LogP contribution is 2.21. The van der Waals surface area contributed by atoms with Gasteiger partial charge >= 0.3 is 5.97 Å². The molecule has 1 N–H and O–H groups in total. The van der Waals surface area contributed by atoms with Crippen LogP contribution in [-0.4, -0.2) is 62.8 Å². The van der Waals surface area contributed by atoms with Crippen LogP contribution in [0.4, 0.5) is 0 Å². The number of thioether (sulfide) groups is 1. The van der Waals surface area contributed by atoms with Crippen molar-refractivity contribution in [1.29, 1.82) is 0 Å². The van der Waals surface area contributed by atoms with E-state index in [4.69, 9.17) is 4.74 Å². The van der Waals surface area contributed by atoms with E-state index < -0.39 is 27.9 Å². The maximum Gasteiger partial charge on any atom is 0.328 e. The Morgan fingerprint density at radius 3 is 2.59 bits per heavy atom. The molecule has 0 spiro atoms. The molecule has 0 saturated carbocycles. The molecule has 1 fully saturated rings. The predicted octanol–water partition coefficient (Wildman–Crippen LogP) is 1.89. The Labute approximate surface area is 164 Å². The van der Waals surface area contributed by atoms with E-state index in [9.17, 15) is 18.0 Å². The minimum Gasteiger partial charge on any atom is -0.467 e. The molecule has 1 aromatic rings. The fourth-order valence-electron chi connectivity index (χ4n) is 2.92. The standard InChI is InChI=1S/C18H26N2O5S2/c1-25-18(22)16(9-12-26-2)19-17(21)14-7-6-8-15(13-14)27(23,24)20-10-4-3-5-11-20/h6-8,13,16H,3-5,9-12H2,1-2H3,(H,19,21)/t16-/m1/s1. The molecule has 150 valence electrons. The Balaban J connectivity index is 2.17. The van der Waals surface area contributed by atoms with E-state index in [2.05, 4.69) is 5.32 Å². The minimum absolute atomic E-state index is 0.0933. The van der Waals surface area contributed by atoms with Crippen LogP contribution in [0.5, 0.6) is 0 Å². The van der Waals surface area contributed by atoms with Crippen molar-refractivity contribution in [3.05, 3.63) is 29.8 Å². The number of rotatable bonds is 8. The summed E-state index contributed by atoms with van der Waals surface area (Å²) in [5.74, 6) is -0.333. The number of hydrogen-bond acceptors (Lipinski definition) is 6. The van der Waals surface area contributed by atoms with E-state index in [1.807, 2.05) is 6.26 Å². The average Bonchev–Trinajstić information content (AvgIpc) is 2.71. The van der Waals surface area contributed by atoms with Crippen molar-refractivity contribution in [1.82, 2.24) is 9.62 Å². The molecule has 9 heteroatoms. The van der Waals surface area contributed by atoms with E-state index >= 15 is 0 Å². The van der Waals surface area contributed by atoms with Crippen molar-refractivity contribution in [2.24, 2.45) is 0 Å². The number of nitrogens with zero attached hydrogens (tertiary/aromatic N) is 1. The van der Waals surface area contributed by atoms with Gasteiger partial charge in [-0.3, -0.25) is 4.79 Å². The van der Waals surface area contributed by atoms with Crippen LogP contribution in [-0.2, 0) is 19.6 Å². The molecular formula is C18H26N2O5S2. The van der Waals surface area contributed by atoms with Crippen LogP contribution < -0.4 is 5.32 Å². The number of nitrogens with one attached hydrogen (secondary N) is 1. The largest absolute Gasteiger partial charge is 0.467 e. The van der Waals surface area contributed by atoms with Crippen LogP contribution in [0, 0.1) is 0 Å². The second-order valence-corrected chi connectivity index (χ2v) is 9.25. The third-order valence-electron chi connectivity index (χ3n) is 4.45. The third kappa shape index (κ3) is 5.70. The average molecular weight is 415 g/mol. The molecule has 0 aromatic heterocycles. The fourth-order valence-corrected chi connectivity index (χ4v) is 4.96. The number of carbonyl (C=O) groups is 2. The highest BCUT2D eigenvalue weighted by Gasteiger charge is 2.27. The molecule has 1 heterocycles. The minimum atomic E-state index is -3.62. The first-order chi connectivity index (χ1) is 12.9. The number of esters is 1. The molecule has 0 bridgehead atoms. The van der Waals surface area contributed by atoms with Gasteiger partial charge in [0.15, 0.2) is 0 Å². The van der Waals surface area contributed by atoms with Gasteiger partial charge in [-0.05, 0) is 49.5 Å². The van der Waals surface area contributed by atoms with Crippen LogP contribution in [0.15, 0.2) is 29.2 Å². The van der Waals surface area contributed by atoms with E-state index in [1.54, 1.807) is 17.8 Å². The monoisotopic (exact) mass is 414 g/mol. The third-order valence-corrected chi connectivity index (χ3v) is 6.99. The number of benzene rings is 1. The maximum atomic E-state index is 12.8. The number of carbonyl (C=O) groups excluding carboxylic acids is 2. The van der Waals surface area contributed by atoms with Crippen LogP contribution in [0.25, 0.3) is 0 Å². The molecule has 0 aliphatic carbocycles. The molecule has 0 radical (unpaired) electrons. The van der Waals surface area contributed by atoms with Gasteiger partial charge in [0.25, 0.3) is 5.91 Å². The molecule has 1 aromatic carbocycles. The molecular weight excluding hydrogens is 388 g/mol. The van der Waals surface area contributed by atoms with Gasteiger partial charge in [-0.2, -0.15) is 16.1 Å². The van der Waals surface area contributed by atoms with E-state index in [0.29, 0.717) is 25.3 Å². The highest BCUT2D eigenvalue weighted by molar-refractivity contribution is 7.98. The Bertz CT molecular complexity index is 761. The summed E-state index contributed by atoms with van der Waals surface area (Å²) < 4.78 is 31.8.